The van der Waals surface area contributed by atoms with Crippen LogP contribution in [0.2, 0.25) is 0 Å². The molecule has 0 fully saturated rings. The largest absolute Gasteiger partial charge is 0.222 e. The number of hydrazine groups is 2. The van der Waals surface area contributed by atoms with Crippen LogP contribution >= 0.6 is 16.1 Å². The Hall–Kier alpha value is -1.53. The molecule has 1 N–H and O–H groups in total. The van der Waals surface area contributed by atoms with Crippen molar-refractivity contribution in [2.75, 3.05) is 9.15 Å². The van der Waals surface area contributed by atoms with E-state index in [9.17, 15) is 0 Å². The molecule has 0 radical (unpaired) electrons. The summed E-state index contributed by atoms with van der Waals surface area (Å²) in [7, 11) is 0. The zero-order valence-electron chi connectivity index (χ0n) is 8.42. The first-order chi connectivity index (χ1) is 7.84. The summed E-state index contributed by atoms with van der Waals surface area (Å²) in [5, 5.41) is 6.08. The Kier molecular flexibility index (Phi) is 2.30. The molecule has 0 unspecified atom stereocenters. The Morgan fingerprint density at radius 2 is 2.12 bits per heavy atom. The normalized spacial score (nSPS) is 15.1. The first-order valence-corrected chi connectivity index (χ1v) is 5.63. The van der Waals surface area contributed by atoms with E-state index in [1.165, 1.54) is 5.56 Å². The molecule has 6 heteroatoms. The number of benzene rings is 1. The molecule has 2 aromatic rings. The number of aromatic nitrogens is 2. The number of halogens is 1. The molecule has 0 amide bonds. The van der Waals surface area contributed by atoms with Crippen molar-refractivity contribution in [2.45, 2.75) is 6.54 Å². The predicted molar refractivity (Wildman–Crippen MR) is 65.1 cm³/mol. The van der Waals surface area contributed by atoms with Gasteiger partial charge in [-0.3, -0.25) is 0 Å². The van der Waals surface area contributed by atoms with Crippen molar-refractivity contribution < 1.29 is 0 Å². The topological polar surface area (TPSA) is 36.3 Å². The lowest BCUT2D eigenvalue weighted by Gasteiger charge is -2.35. The monoisotopic (exact) mass is 279 g/mol. The van der Waals surface area contributed by atoms with Crippen LogP contribution in [0.4, 0.5) is 5.69 Å². The Bertz CT molecular complexity index is 484. The van der Waals surface area contributed by atoms with Crippen LogP contribution in [0, 0.1) is 0 Å². The zero-order chi connectivity index (χ0) is 11.0. The predicted octanol–water partition coefficient (Wildman–Crippen LogP) is 1.57. The van der Waals surface area contributed by atoms with Gasteiger partial charge in [-0.05, 0) is 12.1 Å². The summed E-state index contributed by atoms with van der Waals surface area (Å²) in [4.78, 5) is 1.75. The van der Waals surface area contributed by atoms with Gasteiger partial charge in [0.2, 0.25) is 0 Å². The first-order valence-electron chi connectivity index (χ1n) is 4.92. The molecular formula is C10H10BrN5. The van der Waals surface area contributed by atoms with E-state index in [1.807, 2.05) is 29.5 Å². The van der Waals surface area contributed by atoms with Crippen LogP contribution in [0.5, 0.6) is 0 Å². The molecule has 0 atom stereocenters. The molecule has 0 spiro atoms. The molecule has 1 aromatic heterocycles. The van der Waals surface area contributed by atoms with Crippen molar-refractivity contribution >= 4 is 21.8 Å². The number of hydrogen-bond acceptors (Lipinski definition) is 4. The average Bonchev–Trinajstić information content (AvgIpc) is 2.82. The Morgan fingerprint density at radius 3 is 2.94 bits per heavy atom. The highest BCUT2D eigenvalue weighted by Gasteiger charge is 2.20. The molecule has 82 valence electrons. The minimum absolute atomic E-state index is 0.764. The molecule has 16 heavy (non-hydrogen) atoms. The molecule has 1 aliphatic heterocycles. The molecule has 3 rings (SSSR count). The highest BCUT2D eigenvalue weighted by Crippen LogP contribution is 2.25. The highest BCUT2D eigenvalue weighted by molar-refractivity contribution is 9.10. The first kappa shape index (κ1) is 9.68. The Balaban J connectivity index is 1.95. The second kappa shape index (κ2) is 3.80. The van der Waals surface area contributed by atoms with Gasteiger partial charge in [-0.15, -0.1) is 5.53 Å². The number of rotatable bonds is 1. The molecule has 2 heterocycles. The van der Waals surface area contributed by atoms with Crippen LogP contribution in [-0.4, -0.2) is 9.89 Å². The van der Waals surface area contributed by atoms with Crippen LogP contribution < -0.4 is 14.7 Å². The summed E-state index contributed by atoms with van der Waals surface area (Å²) in [5.74, 6) is 0. The van der Waals surface area contributed by atoms with Crippen molar-refractivity contribution in [1.29, 1.82) is 0 Å². The standard InChI is InChI=1S/C10H10BrN5/c11-16-10-5-2-1-4-9(10)8-15(13-16)14-7-3-6-12-14/h1-7,13H,8H2. The molecule has 1 aromatic carbocycles. The second-order valence-corrected chi connectivity index (χ2v) is 4.20. The summed E-state index contributed by atoms with van der Waals surface area (Å²) in [6.07, 6.45) is 3.64. The van der Waals surface area contributed by atoms with Crippen molar-refractivity contribution in [3.8, 4) is 0 Å². The number of hydrogen-bond donors (Lipinski definition) is 1. The maximum absolute atomic E-state index is 4.18. The fourth-order valence-corrected chi connectivity index (χ4v) is 2.24. The van der Waals surface area contributed by atoms with E-state index >= 15 is 0 Å². The lowest BCUT2D eigenvalue weighted by molar-refractivity contribution is 0.439. The van der Waals surface area contributed by atoms with Crippen molar-refractivity contribution in [3.05, 3.63) is 48.3 Å². The zero-order valence-corrected chi connectivity index (χ0v) is 10.0. The van der Waals surface area contributed by atoms with Gasteiger partial charge in [-0.2, -0.15) is 9.89 Å². The number of nitrogens with one attached hydrogen (secondary N) is 1. The van der Waals surface area contributed by atoms with Crippen LogP contribution in [0.15, 0.2) is 42.7 Å². The SMILES string of the molecule is BrN1NN(n2cccn2)Cc2ccccc21. The summed E-state index contributed by atoms with van der Waals surface area (Å²) >= 11 is 3.45. The summed E-state index contributed by atoms with van der Waals surface area (Å²) in [6, 6.07) is 10.1. The van der Waals surface area contributed by atoms with Crippen LogP contribution in [0.1, 0.15) is 5.56 Å². The number of para-hydroxylation sites is 1. The van der Waals surface area contributed by atoms with Crippen LogP contribution in [0.25, 0.3) is 0 Å². The molecular weight excluding hydrogens is 270 g/mol. The van der Waals surface area contributed by atoms with Gasteiger partial charge in [0.05, 0.1) is 40.8 Å². The van der Waals surface area contributed by atoms with Crippen molar-refractivity contribution in [1.82, 2.24) is 15.4 Å². The third-order valence-corrected chi connectivity index (χ3v) is 3.00. The summed E-state index contributed by atoms with van der Waals surface area (Å²) in [6.45, 7) is 0.764. The molecule has 5 nitrogen and oxygen atoms in total. The minimum Gasteiger partial charge on any atom is -0.222 e. The van der Waals surface area contributed by atoms with Gasteiger partial charge in [0.15, 0.2) is 0 Å². The molecule has 0 bridgehead atoms. The number of nitrogens with zero attached hydrogens (tertiary/aromatic N) is 4. The molecule has 1 aliphatic rings. The van der Waals surface area contributed by atoms with Gasteiger partial charge in [0.25, 0.3) is 0 Å². The fraction of sp³-hybridized carbons (Fsp3) is 0.100. The highest BCUT2D eigenvalue weighted by atomic mass is 79.9. The van der Waals surface area contributed by atoms with Crippen molar-refractivity contribution in [3.63, 3.8) is 0 Å². The average molecular weight is 280 g/mol. The van der Waals surface area contributed by atoms with E-state index in [4.69, 9.17) is 0 Å². The van der Waals surface area contributed by atoms with Crippen molar-refractivity contribution in [2.24, 2.45) is 0 Å². The Morgan fingerprint density at radius 1 is 1.25 bits per heavy atom. The maximum Gasteiger partial charge on any atom is 0.0823 e. The lowest BCUT2D eigenvalue weighted by Crippen LogP contribution is -2.54. The minimum atomic E-state index is 0.764. The number of anilines is 1. The third-order valence-electron chi connectivity index (χ3n) is 2.46. The van der Waals surface area contributed by atoms with E-state index in [0.29, 0.717) is 0 Å². The van der Waals surface area contributed by atoms with Gasteiger partial charge < -0.3 is 0 Å². The van der Waals surface area contributed by atoms with Gasteiger partial charge in [0, 0.05) is 5.56 Å². The fourth-order valence-electron chi connectivity index (χ4n) is 1.71. The van der Waals surface area contributed by atoms with Gasteiger partial charge in [-0.1, -0.05) is 18.2 Å². The lowest BCUT2D eigenvalue weighted by atomic mass is 10.2. The second-order valence-electron chi connectivity index (χ2n) is 3.49. The van der Waals surface area contributed by atoms with Crippen LogP contribution in [0.3, 0.4) is 0 Å². The van der Waals surface area contributed by atoms with E-state index < -0.39 is 0 Å². The van der Waals surface area contributed by atoms with E-state index in [-0.39, 0.29) is 0 Å². The molecule has 0 saturated carbocycles. The molecule has 0 aliphatic carbocycles. The Labute approximate surface area is 102 Å². The third kappa shape index (κ3) is 1.56. The van der Waals surface area contributed by atoms with Gasteiger partial charge in [-0.25, -0.2) is 9.15 Å². The summed E-state index contributed by atoms with van der Waals surface area (Å²) < 4.78 is 1.80. The smallest absolute Gasteiger partial charge is 0.0823 e. The maximum atomic E-state index is 4.18. The van der Waals surface area contributed by atoms with E-state index in [1.54, 1.807) is 15.0 Å². The van der Waals surface area contributed by atoms with Crippen LogP contribution in [-0.2, 0) is 6.54 Å². The van der Waals surface area contributed by atoms with Gasteiger partial charge in [0.1, 0.15) is 0 Å². The molecule has 0 saturated heterocycles. The summed E-state index contributed by atoms with van der Waals surface area (Å²) in [5.41, 5.74) is 5.51. The van der Waals surface area contributed by atoms with E-state index in [0.717, 1.165) is 12.2 Å². The quantitative estimate of drug-likeness (QED) is 0.804. The van der Waals surface area contributed by atoms with E-state index in [2.05, 4.69) is 38.9 Å². The number of fused-ring (bicyclic) bond motifs is 1. The van der Waals surface area contributed by atoms with Gasteiger partial charge >= 0.3 is 0 Å².